The fourth-order valence-electron chi connectivity index (χ4n) is 2.20. The highest BCUT2D eigenvalue weighted by molar-refractivity contribution is 7.89. The molecule has 2 aromatic carbocycles. The van der Waals surface area contributed by atoms with E-state index in [0.717, 1.165) is 4.31 Å². The quantitative estimate of drug-likeness (QED) is 0.748. The minimum atomic E-state index is -4.60. The van der Waals surface area contributed by atoms with Gasteiger partial charge in [0.1, 0.15) is 6.54 Å². The van der Waals surface area contributed by atoms with E-state index >= 15 is 0 Å². The number of benzene rings is 2. The van der Waals surface area contributed by atoms with Crippen molar-refractivity contribution in [3.8, 4) is 0 Å². The molecule has 0 aliphatic carbocycles. The Labute approximate surface area is 159 Å². The van der Waals surface area contributed by atoms with Gasteiger partial charge in [-0.15, -0.1) is 0 Å². The van der Waals surface area contributed by atoms with Crippen LogP contribution >= 0.6 is 11.6 Å². The van der Waals surface area contributed by atoms with Gasteiger partial charge < -0.3 is 5.32 Å². The van der Waals surface area contributed by atoms with Gasteiger partial charge in [-0.05, 0) is 23.8 Å². The molecule has 1 amide bonds. The Hall–Kier alpha value is -2.10. The van der Waals surface area contributed by atoms with Gasteiger partial charge in [0.15, 0.2) is 0 Å². The molecule has 0 atom stereocenters. The summed E-state index contributed by atoms with van der Waals surface area (Å²) in [6.45, 7) is -2.59. The fourth-order valence-corrected chi connectivity index (χ4v) is 3.79. The summed E-state index contributed by atoms with van der Waals surface area (Å²) < 4.78 is 63.4. The molecule has 0 saturated carbocycles. The molecular weight excluding hydrogens is 405 g/mol. The Balaban J connectivity index is 2.28. The van der Waals surface area contributed by atoms with Gasteiger partial charge in [0.05, 0.1) is 11.4 Å². The zero-order valence-corrected chi connectivity index (χ0v) is 15.5. The van der Waals surface area contributed by atoms with Crippen LogP contribution in [0.15, 0.2) is 59.5 Å². The van der Waals surface area contributed by atoms with Crippen molar-refractivity contribution in [2.45, 2.75) is 17.6 Å². The molecule has 0 saturated heterocycles. The number of hydrogen-bond donors (Lipinski definition) is 1. The van der Waals surface area contributed by atoms with Gasteiger partial charge in [-0.1, -0.05) is 48.0 Å². The molecule has 10 heteroatoms. The van der Waals surface area contributed by atoms with E-state index in [1.54, 1.807) is 35.6 Å². The Morgan fingerprint density at radius 1 is 1.04 bits per heavy atom. The van der Waals surface area contributed by atoms with E-state index in [2.05, 4.69) is 0 Å². The number of hydrogen-bond acceptors (Lipinski definition) is 3. The van der Waals surface area contributed by atoms with E-state index in [1.807, 2.05) is 0 Å². The smallest absolute Gasteiger partial charge is 0.346 e. The van der Waals surface area contributed by atoms with Crippen molar-refractivity contribution in [1.29, 1.82) is 0 Å². The van der Waals surface area contributed by atoms with Crippen molar-refractivity contribution < 1.29 is 26.4 Å². The highest BCUT2D eigenvalue weighted by atomic mass is 35.5. The third-order valence-corrected chi connectivity index (χ3v) is 5.67. The average molecular weight is 421 g/mol. The van der Waals surface area contributed by atoms with Crippen molar-refractivity contribution in [1.82, 2.24) is 9.62 Å². The second kappa shape index (κ2) is 8.73. The summed E-state index contributed by atoms with van der Waals surface area (Å²) in [6, 6.07) is 13.7. The zero-order valence-electron chi connectivity index (χ0n) is 13.9. The van der Waals surface area contributed by atoms with Crippen LogP contribution in [0.5, 0.6) is 0 Å². The van der Waals surface area contributed by atoms with E-state index in [0.29, 0.717) is 5.56 Å². The molecule has 146 valence electrons. The normalized spacial score (nSPS) is 12.2. The maximum Gasteiger partial charge on any atom is 0.405 e. The molecule has 0 aromatic heterocycles. The summed E-state index contributed by atoms with van der Waals surface area (Å²) in [6.07, 6.45) is -4.60. The Bertz CT molecular complexity index is 890. The molecule has 2 rings (SSSR count). The molecule has 0 spiro atoms. The lowest BCUT2D eigenvalue weighted by Gasteiger charge is -2.22. The van der Waals surface area contributed by atoms with Crippen LogP contribution in [0.25, 0.3) is 0 Å². The van der Waals surface area contributed by atoms with Gasteiger partial charge >= 0.3 is 6.18 Å². The summed E-state index contributed by atoms with van der Waals surface area (Å²) in [5, 5.41) is 1.95. The number of rotatable bonds is 7. The van der Waals surface area contributed by atoms with Gasteiger partial charge in [-0.3, -0.25) is 4.79 Å². The first kappa shape index (κ1) is 21.2. The molecule has 0 heterocycles. The van der Waals surface area contributed by atoms with Crippen LogP contribution in [0, 0.1) is 0 Å². The summed E-state index contributed by atoms with van der Waals surface area (Å²) in [5.74, 6) is -1.07. The van der Waals surface area contributed by atoms with Crippen molar-refractivity contribution >= 4 is 27.5 Å². The lowest BCUT2D eigenvalue weighted by molar-refractivity contribution is -0.138. The van der Waals surface area contributed by atoms with E-state index in [9.17, 15) is 26.4 Å². The van der Waals surface area contributed by atoms with Gasteiger partial charge in [0.2, 0.25) is 15.9 Å². The van der Waals surface area contributed by atoms with E-state index in [-0.39, 0.29) is 16.5 Å². The molecule has 27 heavy (non-hydrogen) atoms. The number of amides is 1. The van der Waals surface area contributed by atoms with Gasteiger partial charge in [0, 0.05) is 11.6 Å². The number of sulfonamides is 1. The number of nitrogens with zero attached hydrogens (tertiary/aromatic N) is 1. The first-order chi connectivity index (χ1) is 12.6. The van der Waals surface area contributed by atoms with Crippen molar-refractivity contribution in [3.63, 3.8) is 0 Å². The highest BCUT2D eigenvalue weighted by Gasteiger charge is 2.30. The molecule has 0 radical (unpaired) electrons. The lowest BCUT2D eigenvalue weighted by atomic mass is 10.2. The Morgan fingerprint density at radius 2 is 1.63 bits per heavy atom. The minimum absolute atomic E-state index is 0.0827. The highest BCUT2D eigenvalue weighted by Crippen LogP contribution is 2.22. The fraction of sp³-hybridized carbons (Fsp3) is 0.235. The van der Waals surface area contributed by atoms with Crippen LogP contribution < -0.4 is 5.32 Å². The van der Waals surface area contributed by atoms with Crippen LogP contribution in [0.1, 0.15) is 5.56 Å². The number of nitrogens with one attached hydrogen (secondary N) is 1. The molecule has 1 N–H and O–H groups in total. The van der Waals surface area contributed by atoms with E-state index in [4.69, 9.17) is 11.6 Å². The summed E-state index contributed by atoms with van der Waals surface area (Å²) in [5.41, 5.74) is 0.419. The maximum absolute atomic E-state index is 12.9. The monoisotopic (exact) mass is 420 g/mol. The third-order valence-electron chi connectivity index (χ3n) is 3.49. The Morgan fingerprint density at radius 3 is 2.22 bits per heavy atom. The molecule has 0 aliphatic rings. The molecule has 2 aromatic rings. The SMILES string of the molecule is O=C(CN(Cc1ccccc1Cl)S(=O)(=O)c1ccccc1)NCC(F)(F)F. The zero-order chi connectivity index (χ0) is 20.1. The Kier molecular flexibility index (Phi) is 6.85. The van der Waals surface area contributed by atoms with E-state index in [1.165, 1.54) is 24.3 Å². The topological polar surface area (TPSA) is 66.5 Å². The first-order valence-electron chi connectivity index (χ1n) is 7.71. The van der Waals surface area contributed by atoms with Crippen molar-refractivity contribution in [3.05, 3.63) is 65.2 Å². The number of alkyl halides is 3. The van der Waals surface area contributed by atoms with Crippen LogP contribution in [0.4, 0.5) is 13.2 Å². The van der Waals surface area contributed by atoms with Gasteiger partial charge in [-0.2, -0.15) is 17.5 Å². The molecule has 0 aliphatic heterocycles. The van der Waals surface area contributed by atoms with E-state index < -0.39 is 35.2 Å². The number of carbonyl (C=O) groups is 1. The summed E-state index contributed by atoms with van der Waals surface area (Å²) >= 11 is 6.05. The predicted octanol–water partition coefficient (Wildman–Crippen LogP) is 3.21. The standard InChI is InChI=1S/C17H16ClF3N2O3S/c18-15-9-5-4-6-13(15)10-23(11-16(24)22-12-17(19,20)21)27(25,26)14-7-2-1-3-8-14/h1-9H,10-12H2,(H,22,24). The largest absolute Gasteiger partial charge is 0.405 e. The van der Waals surface area contributed by atoms with Crippen LogP contribution in [-0.2, 0) is 21.4 Å². The summed E-state index contributed by atoms with van der Waals surface area (Å²) in [7, 11) is -4.13. The first-order valence-corrected chi connectivity index (χ1v) is 9.53. The second-order valence-electron chi connectivity index (χ2n) is 5.57. The van der Waals surface area contributed by atoms with Crippen molar-refractivity contribution in [2.24, 2.45) is 0 Å². The number of carbonyl (C=O) groups excluding carboxylic acids is 1. The number of halogens is 4. The third kappa shape index (κ3) is 6.23. The molecule has 0 unspecified atom stereocenters. The predicted molar refractivity (Wildman–Crippen MR) is 94.6 cm³/mol. The molecule has 0 fully saturated rings. The van der Waals surface area contributed by atoms with Crippen LogP contribution in [0.2, 0.25) is 5.02 Å². The molecule has 5 nitrogen and oxygen atoms in total. The second-order valence-corrected chi connectivity index (χ2v) is 7.91. The minimum Gasteiger partial charge on any atom is -0.346 e. The van der Waals surface area contributed by atoms with Crippen LogP contribution in [0.3, 0.4) is 0 Å². The van der Waals surface area contributed by atoms with Gasteiger partial charge in [-0.25, -0.2) is 8.42 Å². The van der Waals surface area contributed by atoms with Crippen LogP contribution in [-0.4, -0.2) is 37.9 Å². The summed E-state index contributed by atoms with van der Waals surface area (Å²) in [4.78, 5) is 11.8. The molecule has 0 bridgehead atoms. The van der Waals surface area contributed by atoms with Crippen molar-refractivity contribution in [2.75, 3.05) is 13.1 Å². The van der Waals surface area contributed by atoms with Gasteiger partial charge in [0.25, 0.3) is 0 Å². The maximum atomic E-state index is 12.9. The average Bonchev–Trinajstić information content (AvgIpc) is 2.61. The molecular formula is C17H16ClF3N2O3S. The lowest BCUT2D eigenvalue weighted by Crippen LogP contribution is -2.43.